The molecule has 1 aromatic carbocycles. The summed E-state index contributed by atoms with van der Waals surface area (Å²) >= 11 is 0. The van der Waals surface area contributed by atoms with Crippen molar-refractivity contribution in [1.29, 1.82) is 0 Å². The molecule has 29 heavy (non-hydrogen) atoms. The first-order valence-electron chi connectivity index (χ1n) is 9.96. The lowest BCUT2D eigenvalue weighted by Gasteiger charge is -2.35. The predicted molar refractivity (Wildman–Crippen MR) is 136 cm³/mol. The van der Waals surface area contributed by atoms with Crippen LogP contribution in [0.2, 0.25) is 72.0 Å². The van der Waals surface area contributed by atoms with E-state index in [2.05, 4.69) is 88.6 Å². The van der Waals surface area contributed by atoms with E-state index in [4.69, 9.17) is 17.4 Å². The van der Waals surface area contributed by atoms with Crippen molar-refractivity contribution in [3.8, 4) is 5.75 Å². The van der Waals surface area contributed by atoms with Crippen molar-refractivity contribution in [1.82, 2.24) is 0 Å². The van der Waals surface area contributed by atoms with Crippen molar-refractivity contribution in [3.05, 3.63) is 35.2 Å². The summed E-state index contributed by atoms with van der Waals surface area (Å²) in [6.07, 6.45) is 0. The summed E-state index contributed by atoms with van der Waals surface area (Å²) in [6, 6.07) is 8.21. The normalized spacial score (nSPS) is 14.3. The van der Waals surface area contributed by atoms with E-state index in [1.54, 1.807) is 0 Å². The van der Waals surface area contributed by atoms with E-state index in [0.717, 1.165) is 22.5 Å². The Balaban J connectivity index is 3.84. The highest BCUT2D eigenvalue weighted by atomic mass is 29.2. The zero-order chi connectivity index (χ0) is 22.7. The highest BCUT2D eigenvalue weighted by molar-refractivity contribution is 7.25. The van der Waals surface area contributed by atoms with Gasteiger partial charge in [-0.05, 0) is 71.1 Å². The molecule has 0 aliphatic carbocycles. The van der Waals surface area contributed by atoms with Gasteiger partial charge in [0.05, 0.1) is 10.9 Å². The molecule has 4 nitrogen and oxygen atoms in total. The molecule has 0 unspecified atom stereocenters. The summed E-state index contributed by atoms with van der Waals surface area (Å²) in [7, 11) is -4.11. The second-order valence-electron chi connectivity index (χ2n) is 10.6. The van der Waals surface area contributed by atoms with Gasteiger partial charge < -0.3 is 17.4 Å². The molecule has 0 bridgehead atoms. The molecule has 0 heterocycles. The Morgan fingerprint density at radius 2 is 1.28 bits per heavy atom. The van der Waals surface area contributed by atoms with Gasteiger partial charge >= 0.3 is 0 Å². The summed E-state index contributed by atoms with van der Waals surface area (Å²) in [4.78, 5) is 0. The molecule has 1 rings (SSSR count). The SMILES string of the molecule is C[Si](C)(C)OC(=C(O[Si](C)(C)C)[Si](C)(C)[Si]O[Si])c1ccccc1O[Si](C)(C)C. The van der Waals surface area contributed by atoms with Gasteiger partial charge in [0.25, 0.3) is 0 Å². The third-order valence-electron chi connectivity index (χ3n) is 3.44. The Labute approximate surface area is 188 Å². The van der Waals surface area contributed by atoms with Gasteiger partial charge in [0.15, 0.2) is 0 Å². The lowest BCUT2D eigenvalue weighted by Crippen LogP contribution is -2.45. The van der Waals surface area contributed by atoms with Crippen LogP contribution in [-0.4, -0.2) is 52.3 Å². The number of benzene rings is 1. The minimum Gasteiger partial charge on any atom is -0.548 e. The highest BCUT2D eigenvalue weighted by Gasteiger charge is 2.39. The molecule has 5 radical (unpaired) electrons. The molecule has 0 spiro atoms. The second-order valence-corrected chi connectivity index (χ2v) is 33.0. The van der Waals surface area contributed by atoms with Crippen molar-refractivity contribution < 1.29 is 17.4 Å². The highest BCUT2D eigenvalue weighted by Crippen LogP contribution is 2.37. The maximum absolute atomic E-state index is 6.74. The zero-order valence-electron chi connectivity index (χ0n) is 19.9. The Bertz CT molecular complexity index is 715. The van der Waals surface area contributed by atoms with E-state index < -0.39 is 32.5 Å². The molecule has 0 saturated carbocycles. The fourth-order valence-electron chi connectivity index (χ4n) is 2.54. The molecule has 0 aliphatic rings. The first kappa shape index (κ1) is 26.7. The van der Waals surface area contributed by atoms with E-state index in [-0.39, 0.29) is 0 Å². The third kappa shape index (κ3) is 9.53. The molecule has 0 aliphatic heterocycles. The van der Waals surface area contributed by atoms with Gasteiger partial charge in [-0.3, -0.25) is 0 Å². The average molecular weight is 498 g/mol. The number of hydrogen-bond acceptors (Lipinski definition) is 4. The number of rotatable bonds is 10. The Morgan fingerprint density at radius 3 is 1.72 bits per heavy atom. The molecule has 0 N–H and O–H groups in total. The lowest BCUT2D eigenvalue weighted by molar-refractivity contribution is 0.418. The van der Waals surface area contributed by atoms with Crippen LogP contribution in [0, 0.1) is 0 Å². The van der Waals surface area contributed by atoms with Crippen molar-refractivity contribution >= 4 is 58.1 Å². The first-order valence-corrected chi connectivity index (χ1v) is 25.5. The maximum atomic E-state index is 6.74. The quantitative estimate of drug-likeness (QED) is 0.305. The van der Waals surface area contributed by atoms with Crippen LogP contribution in [0.3, 0.4) is 0 Å². The third-order valence-corrected chi connectivity index (χ3v) is 11.6. The Kier molecular flexibility index (Phi) is 9.04. The van der Waals surface area contributed by atoms with Gasteiger partial charge in [-0.2, -0.15) is 0 Å². The van der Waals surface area contributed by atoms with Crippen LogP contribution in [-0.2, 0) is 13.0 Å². The molecule has 10 heteroatoms. The van der Waals surface area contributed by atoms with Crippen LogP contribution in [0.1, 0.15) is 5.56 Å². The van der Waals surface area contributed by atoms with Crippen molar-refractivity contribution in [2.45, 2.75) is 72.0 Å². The second kappa shape index (κ2) is 9.83. The van der Waals surface area contributed by atoms with Crippen molar-refractivity contribution in [2.24, 2.45) is 0 Å². The number of hydrogen-bond donors (Lipinski definition) is 0. The van der Waals surface area contributed by atoms with E-state index in [1.165, 1.54) is 0 Å². The van der Waals surface area contributed by atoms with Gasteiger partial charge in [0, 0.05) is 0 Å². The summed E-state index contributed by atoms with van der Waals surface area (Å²) in [5.74, 6) is 1.73. The molecular weight excluding hydrogens is 461 g/mol. The number of para-hydroxylation sites is 1. The van der Waals surface area contributed by atoms with Crippen molar-refractivity contribution in [3.63, 3.8) is 0 Å². The molecule has 1 aromatic rings. The topological polar surface area (TPSA) is 36.9 Å². The molecule has 0 fully saturated rings. The standard InChI is InChI=1S/C19H37O4Si6/c1-26(2,3)20-17-15-13-12-14-16(17)18(21-27(4,5)6)19(22-28(7,8)9)29(10,11)25-23-24/h12-15H,1-11H3. The first-order chi connectivity index (χ1) is 13.0. The largest absolute Gasteiger partial charge is 0.548 e. The van der Waals surface area contributed by atoms with Crippen LogP contribution in [0.4, 0.5) is 0 Å². The zero-order valence-corrected chi connectivity index (χ0v) is 25.9. The minimum absolute atomic E-state index is 0.314. The lowest BCUT2D eigenvalue weighted by atomic mass is 10.2. The van der Waals surface area contributed by atoms with Crippen LogP contribution < -0.4 is 4.43 Å². The van der Waals surface area contributed by atoms with Crippen LogP contribution in [0.25, 0.3) is 5.76 Å². The van der Waals surface area contributed by atoms with Gasteiger partial charge in [0.2, 0.25) is 44.7 Å². The van der Waals surface area contributed by atoms with Gasteiger partial charge in [-0.1, -0.05) is 25.2 Å². The summed E-state index contributed by atoms with van der Waals surface area (Å²) in [6.45, 7) is 24.4. The van der Waals surface area contributed by atoms with Gasteiger partial charge in [-0.25, -0.2) is 0 Å². The molecule has 0 atom stereocenters. The van der Waals surface area contributed by atoms with Crippen LogP contribution in [0.15, 0.2) is 29.6 Å². The smallest absolute Gasteiger partial charge is 0.242 e. The van der Waals surface area contributed by atoms with Crippen LogP contribution >= 0.6 is 0 Å². The Morgan fingerprint density at radius 1 is 0.759 bits per heavy atom. The average Bonchev–Trinajstić information content (AvgIpc) is 2.48. The molecule has 161 valence electrons. The van der Waals surface area contributed by atoms with Crippen molar-refractivity contribution in [2.75, 3.05) is 0 Å². The fraction of sp³-hybridized carbons (Fsp3) is 0.579. The summed E-state index contributed by atoms with van der Waals surface area (Å²) in [5.41, 5.74) is 0.991. The van der Waals surface area contributed by atoms with E-state index >= 15 is 0 Å². The maximum Gasteiger partial charge on any atom is 0.242 e. The predicted octanol–water partition coefficient (Wildman–Crippen LogP) is 5.74. The molecule has 0 saturated heterocycles. The Hall–Kier alpha value is -0.379. The molecule has 0 amide bonds. The minimum atomic E-state index is -2.07. The summed E-state index contributed by atoms with van der Waals surface area (Å²) in [5, 5.41) is 0.988. The molecule has 0 aromatic heterocycles. The van der Waals surface area contributed by atoms with Crippen LogP contribution in [0.5, 0.6) is 5.75 Å². The monoisotopic (exact) mass is 497 g/mol. The van der Waals surface area contributed by atoms with Gasteiger partial charge in [-0.15, -0.1) is 0 Å². The van der Waals surface area contributed by atoms with E-state index in [9.17, 15) is 0 Å². The summed E-state index contributed by atoms with van der Waals surface area (Å²) < 4.78 is 25.4. The van der Waals surface area contributed by atoms with E-state index in [0.29, 0.717) is 9.28 Å². The van der Waals surface area contributed by atoms with E-state index in [1.807, 2.05) is 18.2 Å². The fourth-order valence-corrected chi connectivity index (χ4v) is 12.2. The molecular formula is C19H37O4Si6. The van der Waals surface area contributed by atoms with Gasteiger partial charge in [0.1, 0.15) is 19.1 Å².